The molecule has 1 unspecified atom stereocenters. The van der Waals surface area contributed by atoms with E-state index in [0.717, 1.165) is 29.2 Å². The standard InChI is InChI=1S/C15H19ClN2OS/c1-4-13(17)7-11-5-6-12(16)8-14(11)20-15-18-9(2)10(3)19-15/h5-6,8,13H,4,7,17H2,1-3H3. The molecule has 108 valence electrons. The van der Waals surface area contributed by atoms with Crippen molar-refractivity contribution in [2.24, 2.45) is 5.73 Å². The van der Waals surface area contributed by atoms with E-state index in [1.165, 1.54) is 17.3 Å². The molecule has 0 saturated carbocycles. The molecule has 5 heteroatoms. The Hall–Kier alpha value is -0.970. The molecule has 0 fully saturated rings. The normalized spacial score (nSPS) is 12.7. The van der Waals surface area contributed by atoms with Gasteiger partial charge < -0.3 is 10.2 Å². The summed E-state index contributed by atoms with van der Waals surface area (Å²) in [6, 6.07) is 6.03. The van der Waals surface area contributed by atoms with E-state index in [2.05, 4.69) is 11.9 Å². The summed E-state index contributed by atoms with van der Waals surface area (Å²) in [4.78, 5) is 5.46. The molecule has 0 bridgehead atoms. The topological polar surface area (TPSA) is 52.0 Å². The van der Waals surface area contributed by atoms with E-state index < -0.39 is 0 Å². The number of aryl methyl sites for hydroxylation is 2. The first kappa shape index (κ1) is 15.4. The van der Waals surface area contributed by atoms with Crippen LogP contribution in [0.4, 0.5) is 0 Å². The van der Waals surface area contributed by atoms with Gasteiger partial charge in [0.05, 0.1) is 5.69 Å². The van der Waals surface area contributed by atoms with Gasteiger partial charge in [0.25, 0.3) is 5.22 Å². The van der Waals surface area contributed by atoms with E-state index in [9.17, 15) is 0 Å². The molecular weight excluding hydrogens is 292 g/mol. The van der Waals surface area contributed by atoms with Crippen LogP contribution >= 0.6 is 23.4 Å². The fourth-order valence-corrected chi connectivity index (χ4v) is 3.04. The quantitative estimate of drug-likeness (QED) is 0.890. The maximum absolute atomic E-state index is 6.09. The van der Waals surface area contributed by atoms with Crippen LogP contribution < -0.4 is 5.73 Å². The Bertz CT molecular complexity index is 578. The van der Waals surface area contributed by atoms with Gasteiger partial charge >= 0.3 is 0 Å². The van der Waals surface area contributed by atoms with Crippen molar-refractivity contribution in [2.75, 3.05) is 0 Å². The van der Waals surface area contributed by atoms with Gasteiger partial charge in [0.2, 0.25) is 0 Å². The second kappa shape index (κ2) is 6.66. The lowest BCUT2D eigenvalue weighted by molar-refractivity contribution is 0.431. The molecule has 1 heterocycles. The number of halogens is 1. The molecule has 2 aromatic rings. The van der Waals surface area contributed by atoms with E-state index in [-0.39, 0.29) is 6.04 Å². The summed E-state index contributed by atoms with van der Waals surface area (Å²) in [6.07, 6.45) is 1.78. The fraction of sp³-hybridized carbons (Fsp3) is 0.400. The van der Waals surface area contributed by atoms with Crippen LogP contribution in [0.2, 0.25) is 5.02 Å². The predicted molar refractivity (Wildman–Crippen MR) is 83.5 cm³/mol. The van der Waals surface area contributed by atoms with Gasteiger partial charge in [0, 0.05) is 16.0 Å². The number of nitrogens with zero attached hydrogens (tertiary/aromatic N) is 1. The third-order valence-corrected chi connectivity index (χ3v) is 4.43. The van der Waals surface area contributed by atoms with E-state index in [1.807, 2.05) is 32.0 Å². The smallest absolute Gasteiger partial charge is 0.261 e. The first-order valence-electron chi connectivity index (χ1n) is 6.65. The van der Waals surface area contributed by atoms with Gasteiger partial charge in [-0.2, -0.15) is 0 Å². The van der Waals surface area contributed by atoms with Crippen molar-refractivity contribution in [3.05, 3.63) is 40.2 Å². The van der Waals surface area contributed by atoms with Crippen molar-refractivity contribution in [2.45, 2.75) is 49.8 Å². The number of aromatic nitrogens is 1. The molecule has 0 aliphatic heterocycles. The molecule has 2 rings (SSSR count). The Kier molecular flexibility index (Phi) is 5.13. The molecule has 20 heavy (non-hydrogen) atoms. The van der Waals surface area contributed by atoms with Crippen LogP contribution in [0.15, 0.2) is 32.7 Å². The largest absolute Gasteiger partial charge is 0.436 e. The summed E-state index contributed by atoms with van der Waals surface area (Å²) in [5, 5.41) is 1.36. The molecule has 0 spiro atoms. The van der Waals surface area contributed by atoms with E-state index in [4.69, 9.17) is 21.8 Å². The van der Waals surface area contributed by atoms with Crippen molar-refractivity contribution in [1.29, 1.82) is 0 Å². The van der Waals surface area contributed by atoms with E-state index in [1.54, 1.807) is 0 Å². The third kappa shape index (κ3) is 3.78. The average molecular weight is 311 g/mol. The zero-order chi connectivity index (χ0) is 14.7. The van der Waals surface area contributed by atoms with Gasteiger partial charge in [-0.3, -0.25) is 0 Å². The summed E-state index contributed by atoms with van der Waals surface area (Å²) in [7, 11) is 0. The summed E-state index contributed by atoms with van der Waals surface area (Å²) >= 11 is 7.59. The summed E-state index contributed by atoms with van der Waals surface area (Å²) in [6.45, 7) is 5.95. The molecule has 0 saturated heterocycles. The zero-order valence-electron chi connectivity index (χ0n) is 11.9. The Morgan fingerprint density at radius 2 is 2.15 bits per heavy atom. The minimum atomic E-state index is 0.156. The number of nitrogens with two attached hydrogens (primary N) is 1. The van der Waals surface area contributed by atoms with Crippen LogP contribution in [-0.4, -0.2) is 11.0 Å². The predicted octanol–water partition coefficient (Wildman–Crippen LogP) is 4.38. The molecule has 0 radical (unpaired) electrons. The molecule has 0 amide bonds. The van der Waals surface area contributed by atoms with Crippen LogP contribution in [0, 0.1) is 13.8 Å². The highest BCUT2D eigenvalue weighted by Crippen LogP contribution is 2.33. The van der Waals surface area contributed by atoms with Gasteiger partial charge in [-0.1, -0.05) is 24.6 Å². The SMILES string of the molecule is CCC(N)Cc1ccc(Cl)cc1Sc1nc(C)c(C)o1. The summed E-state index contributed by atoms with van der Waals surface area (Å²) < 4.78 is 5.62. The van der Waals surface area contributed by atoms with Crippen molar-refractivity contribution in [1.82, 2.24) is 4.98 Å². The second-order valence-electron chi connectivity index (χ2n) is 4.85. The molecule has 1 aromatic heterocycles. The lowest BCUT2D eigenvalue weighted by atomic mass is 10.1. The molecule has 0 aliphatic rings. The number of hydrogen-bond donors (Lipinski definition) is 1. The molecule has 0 aliphatic carbocycles. The van der Waals surface area contributed by atoms with E-state index in [0.29, 0.717) is 10.2 Å². The first-order valence-corrected chi connectivity index (χ1v) is 7.85. The van der Waals surface area contributed by atoms with Gasteiger partial charge in [-0.25, -0.2) is 4.98 Å². The van der Waals surface area contributed by atoms with Crippen molar-refractivity contribution in [3.8, 4) is 0 Å². The Labute approximate surface area is 128 Å². The maximum Gasteiger partial charge on any atom is 0.261 e. The Morgan fingerprint density at radius 1 is 1.40 bits per heavy atom. The van der Waals surface area contributed by atoms with Crippen molar-refractivity contribution >= 4 is 23.4 Å². The highest BCUT2D eigenvalue weighted by atomic mass is 35.5. The monoisotopic (exact) mass is 310 g/mol. The molecule has 2 N–H and O–H groups in total. The van der Waals surface area contributed by atoms with Crippen molar-refractivity contribution < 1.29 is 4.42 Å². The maximum atomic E-state index is 6.09. The van der Waals surface area contributed by atoms with E-state index >= 15 is 0 Å². The van der Waals surface area contributed by atoms with Gasteiger partial charge in [-0.05, 0) is 56.1 Å². The average Bonchev–Trinajstić information content (AvgIpc) is 2.71. The highest BCUT2D eigenvalue weighted by molar-refractivity contribution is 7.99. The van der Waals surface area contributed by atoms with Crippen molar-refractivity contribution in [3.63, 3.8) is 0 Å². The van der Waals surface area contributed by atoms with Crippen LogP contribution in [0.5, 0.6) is 0 Å². The van der Waals surface area contributed by atoms with Crippen LogP contribution in [-0.2, 0) is 6.42 Å². The number of rotatable bonds is 5. The number of hydrogen-bond acceptors (Lipinski definition) is 4. The Morgan fingerprint density at radius 3 is 2.75 bits per heavy atom. The third-order valence-electron chi connectivity index (χ3n) is 3.24. The van der Waals surface area contributed by atoms with Crippen LogP contribution in [0.25, 0.3) is 0 Å². The molecular formula is C15H19ClN2OS. The first-order chi connectivity index (χ1) is 9.49. The van der Waals surface area contributed by atoms with Crippen LogP contribution in [0.3, 0.4) is 0 Å². The van der Waals surface area contributed by atoms with Crippen LogP contribution in [0.1, 0.15) is 30.4 Å². The minimum Gasteiger partial charge on any atom is -0.436 e. The minimum absolute atomic E-state index is 0.156. The number of oxazole rings is 1. The second-order valence-corrected chi connectivity index (χ2v) is 6.28. The highest BCUT2D eigenvalue weighted by Gasteiger charge is 2.13. The Balaban J connectivity index is 2.26. The lowest BCUT2D eigenvalue weighted by Gasteiger charge is -2.12. The lowest BCUT2D eigenvalue weighted by Crippen LogP contribution is -2.21. The summed E-state index contributed by atoms with van der Waals surface area (Å²) in [5.41, 5.74) is 8.15. The molecule has 3 nitrogen and oxygen atoms in total. The molecule has 1 atom stereocenters. The molecule has 1 aromatic carbocycles. The fourth-order valence-electron chi connectivity index (χ4n) is 1.80. The van der Waals surface area contributed by atoms with Gasteiger partial charge in [-0.15, -0.1) is 0 Å². The number of benzene rings is 1. The zero-order valence-corrected chi connectivity index (χ0v) is 13.5. The summed E-state index contributed by atoms with van der Waals surface area (Å²) in [5.74, 6) is 0.848. The van der Waals surface area contributed by atoms with Gasteiger partial charge in [0.1, 0.15) is 5.76 Å². The van der Waals surface area contributed by atoms with Gasteiger partial charge in [0.15, 0.2) is 0 Å².